The molecule has 3 aromatic rings. The molecule has 33 heavy (non-hydrogen) atoms. The van der Waals surface area contributed by atoms with Crippen LogP contribution >= 0.6 is 22.9 Å². The highest BCUT2D eigenvalue weighted by molar-refractivity contribution is 7.09. The largest absolute Gasteiger partial charge is 0.481 e. The average molecular weight is 482 g/mol. The van der Waals surface area contributed by atoms with Crippen LogP contribution in [0, 0.1) is 24.2 Å². The number of halogens is 1. The van der Waals surface area contributed by atoms with E-state index in [9.17, 15) is 0 Å². The highest BCUT2D eigenvalue weighted by atomic mass is 35.5. The van der Waals surface area contributed by atoms with E-state index in [1.165, 1.54) is 5.69 Å². The smallest absolute Gasteiger partial charge is 0.213 e. The standard InChI is InChI=1S/C25H28ClN5OS/c1-14-30-19(13-33-14)12-31-10-17-5-16(6-18(17)11-31)20-8-21(23(27)9-22(20)26)25(28)15-3-4-29-24(7-15)32-2/h3-4,7-9,13,16-18,28H,5-6,10-12,27H2,1-2H3/t16?,17-,18+. The second-order valence-electron chi connectivity index (χ2n) is 9.16. The molecular formula is C25H28ClN5OS. The molecule has 3 atom stereocenters. The molecule has 1 aliphatic heterocycles. The first-order chi connectivity index (χ1) is 15.9. The Balaban J connectivity index is 1.32. The van der Waals surface area contributed by atoms with Crippen LogP contribution in [0.2, 0.25) is 5.02 Å². The van der Waals surface area contributed by atoms with Crippen LogP contribution in [0.1, 0.15) is 46.2 Å². The number of aryl methyl sites for hydroxylation is 1. The van der Waals surface area contributed by atoms with Crippen molar-refractivity contribution in [3.8, 4) is 5.88 Å². The van der Waals surface area contributed by atoms with Crippen LogP contribution in [0.15, 0.2) is 35.8 Å². The fraction of sp³-hybridized carbons (Fsp3) is 0.400. The van der Waals surface area contributed by atoms with Crippen LogP contribution in [0.4, 0.5) is 5.69 Å². The summed E-state index contributed by atoms with van der Waals surface area (Å²) in [6.45, 7) is 5.24. The van der Waals surface area contributed by atoms with Gasteiger partial charge in [-0.15, -0.1) is 11.3 Å². The van der Waals surface area contributed by atoms with Gasteiger partial charge in [0.1, 0.15) is 0 Å². The molecule has 0 bridgehead atoms. The molecule has 1 aromatic carbocycles. The fourth-order valence-corrected chi connectivity index (χ4v) is 6.39. The summed E-state index contributed by atoms with van der Waals surface area (Å²) in [6.07, 6.45) is 3.89. The monoisotopic (exact) mass is 481 g/mol. The summed E-state index contributed by atoms with van der Waals surface area (Å²) in [7, 11) is 1.57. The zero-order valence-electron chi connectivity index (χ0n) is 18.8. The zero-order valence-corrected chi connectivity index (χ0v) is 20.4. The quantitative estimate of drug-likeness (QED) is 0.376. The number of rotatable bonds is 6. The Kier molecular flexibility index (Phi) is 6.12. The van der Waals surface area contributed by atoms with E-state index in [-0.39, 0.29) is 0 Å². The third-order valence-electron chi connectivity index (χ3n) is 6.99. The average Bonchev–Trinajstić information content (AvgIpc) is 3.48. The van der Waals surface area contributed by atoms with E-state index < -0.39 is 0 Å². The van der Waals surface area contributed by atoms with Crippen molar-refractivity contribution < 1.29 is 4.74 Å². The molecule has 0 radical (unpaired) electrons. The second-order valence-corrected chi connectivity index (χ2v) is 10.6. The van der Waals surface area contributed by atoms with Gasteiger partial charge in [0.25, 0.3) is 0 Å². The maximum atomic E-state index is 8.76. The van der Waals surface area contributed by atoms with Crippen LogP contribution in [0.3, 0.4) is 0 Å². The Hall–Kier alpha value is -2.48. The van der Waals surface area contributed by atoms with Crippen molar-refractivity contribution in [1.29, 1.82) is 5.41 Å². The Labute approximate surface area is 203 Å². The molecule has 1 aliphatic carbocycles. The number of thiazole rings is 1. The van der Waals surface area contributed by atoms with Gasteiger partial charge in [-0.1, -0.05) is 11.6 Å². The van der Waals surface area contributed by atoms with Crippen molar-refractivity contribution in [3.05, 3.63) is 68.3 Å². The lowest BCUT2D eigenvalue weighted by Crippen LogP contribution is -2.22. The van der Waals surface area contributed by atoms with E-state index in [0.717, 1.165) is 48.6 Å². The Morgan fingerprint density at radius 1 is 1.27 bits per heavy atom. The summed E-state index contributed by atoms with van der Waals surface area (Å²) in [6, 6.07) is 7.41. The van der Waals surface area contributed by atoms with Crippen LogP contribution in [-0.2, 0) is 6.54 Å². The van der Waals surface area contributed by atoms with Gasteiger partial charge in [0.15, 0.2) is 0 Å². The lowest BCUT2D eigenvalue weighted by Gasteiger charge is -2.20. The van der Waals surface area contributed by atoms with E-state index in [0.29, 0.717) is 45.6 Å². The first-order valence-corrected chi connectivity index (χ1v) is 12.5. The van der Waals surface area contributed by atoms with E-state index in [4.69, 9.17) is 27.5 Å². The molecule has 5 rings (SSSR count). The van der Waals surface area contributed by atoms with Gasteiger partial charge in [-0.05, 0) is 61.3 Å². The number of nitrogens with two attached hydrogens (primary N) is 1. The Morgan fingerprint density at radius 3 is 2.70 bits per heavy atom. The summed E-state index contributed by atoms with van der Waals surface area (Å²) < 4.78 is 5.22. The molecule has 2 aliphatic rings. The van der Waals surface area contributed by atoms with Crippen molar-refractivity contribution in [2.45, 2.75) is 32.2 Å². The fourth-order valence-electron chi connectivity index (χ4n) is 5.46. The summed E-state index contributed by atoms with van der Waals surface area (Å²) in [5, 5.41) is 12.8. The van der Waals surface area contributed by atoms with Gasteiger partial charge in [-0.2, -0.15) is 0 Å². The number of nitrogen functional groups attached to an aromatic ring is 1. The number of fused-ring (bicyclic) bond motifs is 1. The first kappa shape index (κ1) is 22.3. The topological polar surface area (TPSA) is 88.1 Å². The molecule has 3 heterocycles. The number of hydrogen-bond donors (Lipinski definition) is 2. The number of nitrogens with zero attached hydrogens (tertiary/aromatic N) is 3. The molecule has 6 nitrogen and oxygen atoms in total. The van der Waals surface area contributed by atoms with Crippen LogP contribution in [-0.4, -0.2) is 40.8 Å². The van der Waals surface area contributed by atoms with Crippen LogP contribution in [0.25, 0.3) is 0 Å². The highest BCUT2D eigenvalue weighted by Gasteiger charge is 2.42. The Bertz CT molecular complexity index is 1180. The third-order valence-corrected chi connectivity index (χ3v) is 8.14. The minimum atomic E-state index is 0.356. The summed E-state index contributed by atoms with van der Waals surface area (Å²) >= 11 is 8.40. The number of hydrogen-bond acceptors (Lipinski definition) is 7. The molecule has 2 fully saturated rings. The normalized spacial score (nSPS) is 22.5. The summed E-state index contributed by atoms with van der Waals surface area (Å²) in [5.74, 6) is 2.23. The van der Waals surface area contributed by atoms with Crippen molar-refractivity contribution in [2.24, 2.45) is 11.8 Å². The minimum Gasteiger partial charge on any atom is -0.481 e. The van der Waals surface area contributed by atoms with Gasteiger partial charge >= 0.3 is 0 Å². The predicted molar refractivity (Wildman–Crippen MR) is 134 cm³/mol. The maximum absolute atomic E-state index is 8.76. The van der Waals surface area contributed by atoms with Crippen molar-refractivity contribution >= 4 is 34.3 Å². The van der Waals surface area contributed by atoms with Crippen molar-refractivity contribution in [1.82, 2.24) is 14.9 Å². The summed E-state index contributed by atoms with van der Waals surface area (Å²) in [5.41, 5.74) is 10.9. The van der Waals surface area contributed by atoms with Gasteiger partial charge in [0.2, 0.25) is 5.88 Å². The number of aromatic nitrogens is 2. The number of pyridine rings is 1. The first-order valence-electron chi connectivity index (χ1n) is 11.2. The van der Waals surface area contributed by atoms with Crippen molar-refractivity contribution in [3.63, 3.8) is 0 Å². The molecule has 172 valence electrons. The van der Waals surface area contributed by atoms with E-state index >= 15 is 0 Å². The van der Waals surface area contributed by atoms with E-state index in [1.807, 2.05) is 12.1 Å². The zero-order chi connectivity index (χ0) is 23.1. The van der Waals surface area contributed by atoms with Gasteiger partial charge in [-0.3, -0.25) is 10.3 Å². The molecule has 2 aromatic heterocycles. The number of methoxy groups -OCH3 is 1. The SMILES string of the molecule is COc1cc(C(=N)c2cc(C3C[C@@H]4CN(Cc5csc(C)n5)C[C@@H]4C3)c(Cl)cc2N)ccn1. The van der Waals surface area contributed by atoms with E-state index in [1.54, 1.807) is 36.8 Å². The number of benzene rings is 1. The number of likely N-dealkylation sites (tertiary alicyclic amines) is 1. The predicted octanol–water partition coefficient (Wildman–Crippen LogP) is 5.13. The number of ether oxygens (including phenoxy) is 1. The lowest BCUT2D eigenvalue weighted by atomic mass is 9.91. The van der Waals surface area contributed by atoms with Gasteiger partial charge < -0.3 is 10.5 Å². The maximum Gasteiger partial charge on any atom is 0.213 e. The minimum absolute atomic E-state index is 0.356. The van der Waals surface area contributed by atoms with Crippen molar-refractivity contribution in [2.75, 3.05) is 25.9 Å². The number of nitrogens with one attached hydrogen (secondary N) is 1. The van der Waals surface area contributed by atoms with E-state index in [2.05, 4.69) is 27.2 Å². The van der Waals surface area contributed by atoms with Gasteiger partial charge in [-0.25, -0.2) is 9.97 Å². The molecule has 1 unspecified atom stereocenters. The summed E-state index contributed by atoms with van der Waals surface area (Å²) in [4.78, 5) is 11.3. The van der Waals surface area contributed by atoms with Crippen LogP contribution in [0.5, 0.6) is 5.88 Å². The molecule has 3 N–H and O–H groups in total. The lowest BCUT2D eigenvalue weighted by molar-refractivity contribution is 0.296. The Morgan fingerprint density at radius 2 is 2.03 bits per heavy atom. The third kappa shape index (κ3) is 4.50. The molecular weight excluding hydrogens is 454 g/mol. The molecule has 0 amide bonds. The van der Waals surface area contributed by atoms with Gasteiger partial charge in [0, 0.05) is 59.1 Å². The highest BCUT2D eigenvalue weighted by Crippen LogP contribution is 2.48. The molecule has 1 saturated heterocycles. The van der Waals surface area contributed by atoms with Crippen LogP contribution < -0.4 is 10.5 Å². The van der Waals surface area contributed by atoms with Gasteiger partial charge in [0.05, 0.1) is 23.5 Å². The number of anilines is 1. The molecule has 8 heteroatoms. The molecule has 0 spiro atoms. The second kappa shape index (κ2) is 9.05. The molecule has 1 saturated carbocycles.